The van der Waals surface area contributed by atoms with Gasteiger partial charge < -0.3 is 5.32 Å². The van der Waals surface area contributed by atoms with E-state index in [0.29, 0.717) is 12.0 Å². The number of hydrogen-bond acceptors (Lipinski definition) is 1. The van der Waals surface area contributed by atoms with Gasteiger partial charge in [0.15, 0.2) is 0 Å². The van der Waals surface area contributed by atoms with Crippen LogP contribution in [0.1, 0.15) is 26.7 Å². The standard InChI is InChI=1S/C15H19N/c1-15(2)11-7-3-5-9-13(11)16-14-10-6-4-8-12(14)15/h3,5,7-11,13,16H,4,6H2,1-2H3. The molecule has 1 nitrogen and oxygen atoms in total. The molecule has 0 aromatic carbocycles. The Morgan fingerprint density at radius 2 is 1.88 bits per heavy atom. The Labute approximate surface area is 97.6 Å². The summed E-state index contributed by atoms with van der Waals surface area (Å²) < 4.78 is 0. The smallest absolute Gasteiger partial charge is 0.0518 e. The van der Waals surface area contributed by atoms with Gasteiger partial charge in [-0.25, -0.2) is 0 Å². The van der Waals surface area contributed by atoms with Crippen LogP contribution in [0, 0.1) is 11.3 Å². The molecule has 0 spiro atoms. The van der Waals surface area contributed by atoms with Crippen LogP contribution in [0.2, 0.25) is 0 Å². The number of nitrogens with one attached hydrogen (secondary N) is 1. The Morgan fingerprint density at radius 1 is 1.12 bits per heavy atom. The van der Waals surface area contributed by atoms with Crippen LogP contribution in [0.4, 0.5) is 0 Å². The fraction of sp³-hybridized carbons (Fsp3) is 0.467. The molecule has 1 saturated heterocycles. The van der Waals surface area contributed by atoms with Gasteiger partial charge in [-0.3, -0.25) is 0 Å². The zero-order valence-electron chi connectivity index (χ0n) is 10.0. The van der Waals surface area contributed by atoms with Gasteiger partial charge in [0.25, 0.3) is 0 Å². The molecule has 1 aliphatic heterocycles. The fourth-order valence-electron chi connectivity index (χ4n) is 3.22. The van der Waals surface area contributed by atoms with Gasteiger partial charge in [0.2, 0.25) is 0 Å². The summed E-state index contributed by atoms with van der Waals surface area (Å²) in [6, 6.07) is 0.474. The molecule has 0 saturated carbocycles. The van der Waals surface area contributed by atoms with E-state index >= 15 is 0 Å². The highest BCUT2D eigenvalue weighted by Gasteiger charge is 2.42. The van der Waals surface area contributed by atoms with E-state index in [2.05, 4.69) is 55.6 Å². The minimum atomic E-state index is 0.253. The van der Waals surface area contributed by atoms with Crippen molar-refractivity contribution in [3.05, 3.63) is 47.7 Å². The lowest BCUT2D eigenvalue weighted by molar-refractivity contribution is 0.249. The van der Waals surface area contributed by atoms with Crippen LogP contribution >= 0.6 is 0 Å². The normalized spacial score (nSPS) is 34.4. The monoisotopic (exact) mass is 213 g/mol. The Hall–Kier alpha value is -1.24. The van der Waals surface area contributed by atoms with E-state index in [1.807, 2.05) is 0 Å². The predicted molar refractivity (Wildman–Crippen MR) is 67.9 cm³/mol. The molecule has 0 amide bonds. The minimum Gasteiger partial charge on any atom is -0.378 e. The van der Waals surface area contributed by atoms with Gasteiger partial charge >= 0.3 is 0 Å². The van der Waals surface area contributed by atoms with E-state index < -0.39 is 0 Å². The topological polar surface area (TPSA) is 12.0 Å². The second-order valence-electron chi connectivity index (χ2n) is 5.50. The van der Waals surface area contributed by atoms with Crippen molar-refractivity contribution in [1.82, 2.24) is 5.32 Å². The molecule has 3 aliphatic rings. The summed E-state index contributed by atoms with van der Waals surface area (Å²) in [4.78, 5) is 0. The van der Waals surface area contributed by atoms with Crippen molar-refractivity contribution < 1.29 is 0 Å². The molecule has 2 aliphatic carbocycles. The highest BCUT2D eigenvalue weighted by Crippen LogP contribution is 2.47. The second kappa shape index (κ2) is 3.38. The molecule has 1 heterocycles. The van der Waals surface area contributed by atoms with Crippen LogP contribution in [0.25, 0.3) is 0 Å². The SMILES string of the molecule is CC1(C)C2=CCCC=C2NC2C=CC=CC21. The van der Waals surface area contributed by atoms with E-state index in [1.54, 1.807) is 0 Å². The van der Waals surface area contributed by atoms with E-state index in [0.717, 1.165) is 0 Å². The molecule has 0 radical (unpaired) electrons. The van der Waals surface area contributed by atoms with Crippen molar-refractivity contribution in [3.8, 4) is 0 Å². The van der Waals surface area contributed by atoms with E-state index in [1.165, 1.54) is 24.1 Å². The first-order chi connectivity index (χ1) is 7.69. The van der Waals surface area contributed by atoms with Crippen LogP contribution in [0.5, 0.6) is 0 Å². The summed E-state index contributed by atoms with van der Waals surface area (Å²) in [6.45, 7) is 4.75. The lowest BCUT2D eigenvalue weighted by atomic mass is 9.64. The lowest BCUT2D eigenvalue weighted by Gasteiger charge is -2.47. The van der Waals surface area contributed by atoms with Gasteiger partial charge in [-0.2, -0.15) is 0 Å². The molecule has 16 heavy (non-hydrogen) atoms. The molecular weight excluding hydrogens is 194 g/mol. The number of fused-ring (bicyclic) bond motifs is 2. The number of piperidine rings is 1. The average molecular weight is 213 g/mol. The summed E-state index contributed by atoms with van der Waals surface area (Å²) in [7, 11) is 0. The second-order valence-corrected chi connectivity index (χ2v) is 5.50. The largest absolute Gasteiger partial charge is 0.378 e. The number of allylic oxidation sites excluding steroid dienone is 5. The summed E-state index contributed by atoms with van der Waals surface area (Å²) in [6.07, 6.45) is 16.1. The molecule has 2 unspecified atom stereocenters. The zero-order chi connectivity index (χ0) is 11.2. The minimum absolute atomic E-state index is 0.253. The summed E-state index contributed by atoms with van der Waals surface area (Å²) in [5, 5.41) is 3.67. The molecule has 3 rings (SSSR count). The first kappa shape index (κ1) is 9.95. The Kier molecular flexibility index (Phi) is 2.10. The Morgan fingerprint density at radius 3 is 2.75 bits per heavy atom. The fourth-order valence-corrected chi connectivity index (χ4v) is 3.22. The molecule has 2 atom stereocenters. The quantitative estimate of drug-likeness (QED) is 0.651. The maximum Gasteiger partial charge on any atom is 0.0518 e. The van der Waals surface area contributed by atoms with Gasteiger partial charge in [0.05, 0.1) is 6.04 Å². The molecule has 0 aromatic rings. The van der Waals surface area contributed by atoms with Crippen molar-refractivity contribution in [2.24, 2.45) is 11.3 Å². The van der Waals surface area contributed by atoms with Crippen molar-refractivity contribution in [1.29, 1.82) is 0 Å². The van der Waals surface area contributed by atoms with Crippen LogP contribution in [-0.4, -0.2) is 6.04 Å². The van der Waals surface area contributed by atoms with Gasteiger partial charge in [0, 0.05) is 11.6 Å². The van der Waals surface area contributed by atoms with Crippen molar-refractivity contribution in [3.63, 3.8) is 0 Å². The third kappa shape index (κ3) is 1.31. The first-order valence-electron chi connectivity index (χ1n) is 6.22. The van der Waals surface area contributed by atoms with Crippen LogP contribution < -0.4 is 5.32 Å². The van der Waals surface area contributed by atoms with Crippen LogP contribution in [0.15, 0.2) is 47.7 Å². The first-order valence-corrected chi connectivity index (χ1v) is 6.22. The number of hydrogen-bond donors (Lipinski definition) is 1. The lowest BCUT2D eigenvalue weighted by Crippen LogP contribution is -2.49. The van der Waals surface area contributed by atoms with Crippen LogP contribution in [0.3, 0.4) is 0 Å². The van der Waals surface area contributed by atoms with Gasteiger partial charge in [-0.15, -0.1) is 0 Å². The summed E-state index contributed by atoms with van der Waals surface area (Å²) in [5.74, 6) is 0.582. The average Bonchev–Trinajstić information content (AvgIpc) is 2.29. The number of rotatable bonds is 0. The molecule has 1 heteroatoms. The third-order valence-electron chi connectivity index (χ3n) is 4.14. The molecule has 0 aromatic heterocycles. The Balaban J connectivity index is 2.05. The summed E-state index contributed by atoms with van der Waals surface area (Å²) in [5.41, 5.74) is 3.14. The predicted octanol–water partition coefficient (Wildman–Crippen LogP) is 3.33. The molecule has 1 fully saturated rings. The van der Waals surface area contributed by atoms with Crippen molar-refractivity contribution >= 4 is 0 Å². The van der Waals surface area contributed by atoms with Gasteiger partial charge in [0.1, 0.15) is 0 Å². The van der Waals surface area contributed by atoms with Crippen LogP contribution in [-0.2, 0) is 0 Å². The van der Waals surface area contributed by atoms with E-state index in [-0.39, 0.29) is 5.41 Å². The van der Waals surface area contributed by atoms with E-state index in [9.17, 15) is 0 Å². The highest BCUT2D eigenvalue weighted by atomic mass is 15.0. The van der Waals surface area contributed by atoms with E-state index in [4.69, 9.17) is 0 Å². The summed E-state index contributed by atoms with van der Waals surface area (Å²) >= 11 is 0. The molecule has 84 valence electrons. The van der Waals surface area contributed by atoms with Gasteiger partial charge in [-0.05, 0) is 23.8 Å². The maximum atomic E-state index is 3.67. The zero-order valence-corrected chi connectivity index (χ0v) is 10.0. The van der Waals surface area contributed by atoms with Crippen molar-refractivity contribution in [2.75, 3.05) is 0 Å². The molecule has 0 bridgehead atoms. The third-order valence-corrected chi connectivity index (χ3v) is 4.14. The molecular formula is C15H19N. The van der Waals surface area contributed by atoms with Crippen molar-refractivity contribution in [2.45, 2.75) is 32.7 Å². The van der Waals surface area contributed by atoms with Gasteiger partial charge in [-0.1, -0.05) is 50.3 Å². The highest BCUT2D eigenvalue weighted by molar-refractivity contribution is 5.44. The maximum absolute atomic E-state index is 3.67. The Bertz CT molecular complexity index is 421. The molecule has 1 N–H and O–H groups in total.